The molecule has 0 spiro atoms. The fraction of sp³-hybridized carbons (Fsp3) is 0.875. The van der Waals surface area contributed by atoms with Gasteiger partial charge < -0.3 is 9.80 Å². The average Bonchev–Trinajstić information content (AvgIpc) is 2.58. The van der Waals surface area contributed by atoms with Crippen LogP contribution in [0.25, 0.3) is 0 Å². The Balaban J connectivity index is 2.95. The minimum Gasteiger partial charge on any atom is -0.337 e. The molecule has 0 aromatic carbocycles. The molecule has 4 heteroatoms. The smallest absolute Gasteiger partial charge is 0.243 e. The molecule has 1 unspecified atom stereocenters. The van der Waals surface area contributed by atoms with Gasteiger partial charge in [0.15, 0.2) is 0 Å². The van der Waals surface area contributed by atoms with Crippen molar-refractivity contribution < 1.29 is 4.79 Å². The quantitative estimate of drug-likeness (QED) is 0.777. The Morgan fingerprint density at radius 1 is 1.30 bits per heavy atom. The van der Waals surface area contributed by atoms with Gasteiger partial charge in [0.2, 0.25) is 5.91 Å². The predicted molar refractivity (Wildman–Crippen MR) is 81.2 cm³/mol. The molecule has 1 rings (SSSR count). The second-order valence-electron chi connectivity index (χ2n) is 6.16. The Morgan fingerprint density at radius 3 is 2.40 bits per heavy atom. The number of hydrogen-bond donors (Lipinski definition) is 0. The molecule has 0 aromatic heterocycles. The number of nitrogens with zero attached hydrogens (tertiary/aromatic N) is 3. The minimum atomic E-state index is -0.805. The first-order chi connectivity index (χ1) is 9.50. The maximum atomic E-state index is 13.0. The second-order valence-corrected chi connectivity index (χ2v) is 6.16. The van der Waals surface area contributed by atoms with Gasteiger partial charge in [-0.3, -0.25) is 4.79 Å². The first-order valence-corrected chi connectivity index (χ1v) is 7.91. The van der Waals surface area contributed by atoms with Gasteiger partial charge in [-0.15, -0.1) is 0 Å². The van der Waals surface area contributed by atoms with Crippen molar-refractivity contribution in [3.05, 3.63) is 0 Å². The number of carbonyl (C=O) groups excluding carboxylic acids is 1. The molecule has 0 radical (unpaired) electrons. The largest absolute Gasteiger partial charge is 0.337 e. The molecule has 1 atom stereocenters. The molecule has 0 saturated carbocycles. The van der Waals surface area contributed by atoms with Crippen LogP contribution in [0.5, 0.6) is 0 Å². The fourth-order valence-electron chi connectivity index (χ4n) is 3.30. The van der Waals surface area contributed by atoms with E-state index in [2.05, 4.69) is 38.8 Å². The molecule has 0 N–H and O–H groups in total. The van der Waals surface area contributed by atoms with E-state index in [9.17, 15) is 10.1 Å². The minimum absolute atomic E-state index is 0.0616. The summed E-state index contributed by atoms with van der Waals surface area (Å²) < 4.78 is 0. The first-order valence-electron chi connectivity index (χ1n) is 7.91. The van der Waals surface area contributed by atoms with Crippen LogP contribution in [0.15, 0.2) is 0 Å². The van der Waals surface area contributed by atoms with E-state index in [-0.39, 0.29) is 11.9 Å². The van der Waals surface area contributed by atoms with E-state index in [1.165, 1.54) is 0 Å². The average molecular weight is 279 g/mol. The van der Waals surface area contributed by atoms with Gasteiger partial charge in [0.25, 0.3) is 0 Å². The van der Waals surface area contributed by atoms with E-state index in [1.807, 2.05) is 4.90 Å². The van der Waals surface area contributed by atoms with Gasteiger partial charge in [-0.05, 0) is 39.8 Å². The van der Waals surface area contributed by atoms with Gasteiger partial charge in [-0.25, -0.2) is 0 Å². The standard InChI is InChI=1S/C16H29N3O/c1-5-8-16(13-17,9-6-2)15(20)19-11-7-10-18(4)12-14(19)3/h14H,5-12H2,1-4H3. The Bertz CT molecular complexity index is 355. The van der Waals surface area contributed by atoms with E-state index in [1.54, 1.807) is 0 Å². The molecule has 1 heterocycles. The molecule has 1 amide bonds. The lowest BCUT2D eigenvalue weighted by atomic mass is 9.79. The summed E-state index contributed by atoms with van der Waals surface area (Å²) >= 11 is 0. The zero-order valence-electron chi connectivity index (χ0n) is 13.5. The number of carbonyl (C=O) groups is 1. The van der Waals surface area contributed by atoms with E-state index in [0.717, 1.165) is 38.9 Å². The maximum absolute atomic E-state index is 13.0. The van der Waals surface area contributed by atoms with E-state index < -0.39 is 5.41 Å². The summed E-state index contributed by atoms with van der Waals surface area (Å²) in [4.78, 5) is 17.2. The van der Waals surface area contributed by atoms with Gasteiger partial charge in [0.1, 0.15) is 5.41 Å². The number of rotatable bonds is 5. The summed E-state index contributed by atoms with van der Waals surface area (Å²) in [5.74, 6) is 0.0616. The molecule has 0 aromatic rings. The Labute approximate surface area is 123 Å². The monoisotopic (exact) mass is 279 g/mol. The topological polar surface area (TPSA) is 47.3 Å². The third-order valence-electron chi connectivity index (χ3n) is 4.28. The van der Waals surface area contributed by atoms with Crippen molar-refractivity contribution >= 4 is 5.91 Å². The number of amides is 1. The molecular formula is C16H29N3O. The van der Waals surface area contributed by atoms with Crippen LogP contribution >= 0.6 is 0 Å². The molecule has 114 valence electrons. The van der Waals surface area contributed by atoms with Gasteiger partial charge in [0.05, 0.1) is 6.07 Å². The highest BCUT2D eigenvalue weighted by atomic mass is 16.2. The molecule has 0 bridgehead atoms. The van der Waals surface area contributed by atoms with Crippen molar-refractivity contribution in [1.29, 1.82) is 5.26 Å². The molecule has 1 aliphatic heterocycles. The number of likely N-dealkylation sites (N-methyl/N-ethyl adjacent to an activating group) is 1. The van der Waals surface area contributed by atoms with E-state index >= 15 is 0 Å². The Morgan fingerprint density at radius 2 is 1.90 bits per heavy atom. The van der Waals surface area contributed by atoms with Crippen LogP contribution in [-0.2, 0) is 4.79 Å². The zero-order chi connectivity index (χ0) is 15.2. The van der Waals surface area contributed by atoms with Gasteiger partial charge in [0, 0.05) is 19.1 Å². The van der Waals surface area contributed by atoms with Crippen LogP contribution in [0.1, 0.15) is 52.9 Å². The highest BCUT2D eigenvalue weighted by Crippen LogP contribution is 2.32. The molecule has 1 saturated heterocycles. The molecule has 1 fully saturated rings. The van der Waals surface area contributed by atoms with E-state index in [0.29, 0.717) is 12.8 Å². The van der Waals surface area contributed by atoms with Gasteiger partial charge >= 0.3 is 0 Å². The normalized spacial score (nSPS) is 21.4. The maximum Gasteiger partial charge on any atom is 0.243 e. The fourth-order valence-corrected chi connectivity index (χ4v) is 3.30. The summed E-state index contributed by atoms with van der Waals surface area (Å²) in [6, 6.07) is 2.55. The highest BCUT2D eigenvalue weighted by Gasteiger charge is 2.41. The number of hydrogen-bond acceptors (Lipinski definition) is 3. The molecule has 4 nitrogen and oxygen atoms in total. The SMILES string of the molecule is CCCC(C#N)(CCC)C(=O)N1CCCN(C)CC1C. The van der Waals surface area contributed by atoms with Crippen LogP contribution in [-0.4, -0.2) is 48.4 Å². The number of nitriles is 1. The van der Waals surface area contributed by atoms with Crippen LogP contribution < -0.4 is 0 Å². The van der Waals surface area contributed by atoms with Gasteiger partial charge in [-0.1, -0.05) is 26.7 Å². The lowest BCUT2D eigenvalue weighted by molar-refractivity contribution is -0.141. The summed E-state index contributed by atoms with van der Waals surface area (Å²) in [6.45, 7) is 8.89. The molecule has 1 aliphatic rings. The summed E-state index contributed by atoms with van der Waals surface area (Å²) in [5.41, 5.74) is -0.805. The van der Waals surface area contributed by atoms with Crippen molar-refractivity contribution in [1.82, 2.24) is 9.80 Å². The van der Waals surface area contributed by atoms with Crippen molar-refractivity contribution in [2.24, 2.45) is 5.41 Å². The lowest BCUT2D eigenvalue weighted by Gasteiger charge is -2.35. The predicted octanol–water partition coefficient (Wildman–Crippen LogP) is 2.65. The lowest BCUT2D eigenvalue weighted by Crippen LogP contribution is -2.49. The van der Waals surface area contributed by atoms with Crippen LogP contribution in [0.3, 0.4) is 0 Å². The summed E-state index contributed by atoms with van der Waals surface area (Å²) in [5, 5.41) is 9.64. The Hall–Kier alpha value is -1.08. The van der Waals surface area contributed by atoms with Crippen LogP contribution in [0.4, 0.5) is 0 Å². The van der Waals surface area contributed by atoms with E-state index in [4.69, 9.17) is 0 Å². The molecule has 0 aliphatic carbocycles. The van der Waals surface area contributed by atoms with Crippen molar-refractivity contribution in [3.8, 4) is 6.07 Å². The molecular weight excluding hydrogens is 250 g/mol. The highest BCUT2D eigenvalue weighted by molar-refractivity contribution is 5.85. The summed E-state index contributed by atoms with van der Waals surface area (Å²) in [7, 11) is 2.10. The van der Waals surface area contributed by atoms with Crippen molar-refractivity contribution in [2.45, 2.75) is 58.9 Å². The zero-order valence-corrected chi connectivity index (χ0v) is 13.5. The summed E-state index contributed by atoms with van der Waals surface area (Å²) in [6.07, 6.45) is 4.10. The van der Waals surface area contributed by atoms with Gasteiger partial charge in [-0.2, -0.15) is 5.26 Å². The van der Waals surface area contributed by atoms with Crippen LogP contribution in [0, 0.1) is 16.7 Å². The first kappa shape index (κ1) is 17.0. The van der Waals surface area contributed by atoms with Crippen molar-refractivity contribution in [2.75, 3.05) is 26.7 Å². The van der Waals surface area contributed by atoms with Crippen LogP contribution in [0.2, 0.25) is 0 Å². The molecule has 20 heavy (non-hydrogen) atoms. The Kier molecular flexibility index (Phi) is 6.48. The second kappa shape index (κ2) is 7.64. The third-order valence-corrected chi connectivity index (χ3v) is 4.28. The third kappa shape index (κ3) is 3.73. The van der Waals surface area contributed by atoms with Crippen molar-refractivity contribution in [3.63, 3.8) is 0 Å².